The Bertz CT molecular complexity index is 844. The molecule has 130 valence electrons. The van der Waals surface area contributed by atoms with Crippen molar-refractivity contribution in [2.24, 2.45) is 0 Å². The predicted octanol–water partition coefficient (Wildman–Crippen LogP) is 2.02. The number of ether oxygens (including phenoxy) is 2. The number of aromatic nitrogens is 1. The molecule has 0 unspecified atom stereocenters. The molecule has 8 heteroatoms. The zero-order valence-corrected chi connectivity index (χ0v) is 13.7. The molecule has 1 aromatic carbocycles. The Morgan fingerprint density at radius 3 is 2.80 bits per heavy atom. The van der Waals surface area contributed by atoms with Crippen LogP contribution in [0.3, 0.4) is 0 Å². The number of nitro benzene ring substituents is 1. The van der Waals surface area contributed by atoms with Crippen LogP contribution in [0.1, 0.15) is 5.56 Å². The first-order valence-electron chi connectivity index (χ1n) is 7.76. The van der Waals surface area contributed by atoms with Gasteiger partial charge in [-0.15, -0.1) is 0 Å². The summed E-state index contributed by atoms with van der Waals surface area (Å²) in [7, 11) is 1.37. The van der Waals surface area contributed by atoms with Gasteiger partial charge >= 0.3 is 5.69 Å². The number of hydrogen-bond donors (Lipinski definition) is 0. The number of carbonyl (C=O) groups is 1. The summed E-state index contributed by atoms with van der Waals surface area (Å²) in [5, 5.41) is 11.8. The Hall–Kier alpha value is -3.00. The fraction of sp³-hybridized carbons (Fsp3) is 0.294. The highest BCUT2D eigenvalue weighted by Gasteiger charge is 2.19. The average Bonchev–Trinajstić information content (AvgIpc) is 2.65. The van der Waals surface area contributed by atoms with Gasteiger partial charge in [0.1, 0.15) is 5.52 Å². The van der Waals surface area contributed by atoms with E-state index in [4.69, 9.17) is 9.47 Å². The van der Waals surface area contributed by atoms with Gasteiger partial charge in [-0.3, -0.25) is 19.9 Å². The lowest BCUT2D eigenvalue weighted by molar-refractivity contribution is -0.385. The Kier molecular flexibility index (Phi) is 4.90. The standard InChI is InChI=1S/C17H17N3O5/c1-24-17-14(20(22)23)4-3-13-12(6-7-18-16(13)17)2-5-15(21)19-8-10-25-11-9-19/h2-7H,8-11H2,1H3/b5-2+. The largest absolute Gasteiger partial charge is 0.489 e. The van der Waals surface area contributed by atoms with Gasteiger partial charge in [0.25, 0.3) is 0 Å². The molecule has 0 spiro atoms. The molecule has 0 N–H and O–H groups in total. The molecule has 0 aliphatic carbocycles. The van der Waals surface area contributed by atoms with E-state index in [1.165, 1.54) is 25.4 Å². The van der Waals surface area contributed by atoms with Gasteiger partial charge in [-0.2, -0.15) is 0 Å². The monoisotopic (exact) mass is 343 g/mol. The van der Waals surface area contributed by atoms with Gasteiger partial charge in [-0.05, 0) is 23.8 Å². The molecule has 2 aromatic rings. The zero-order valence-electron chi connectivity index (χ0n) is 13.7. The van der Waals surface area contributed by atoms with E-state index in [1.807, 2.05) is 0 Å². The number of nitro groups is 1. The van der Waals surface area contributed by atoms with Gasteiger partial charge in [0.15, 0.2) is 0 Å². The third-order valence-corrected chi connectivity index (χ3v) is 4.01. The molecule has 0 radical (unpaired) electrons. The van der Waals surface area contributed by atoms with Crippen LogP contribution in [0, 0.1) is 10.1 Å². The number of hydrogen-bond acceptors (Lipinski definition) is 6. The molecule has 2 heterocycles. The molecule has 1 aromatic heterocycles. The van der Waals surface area contributed by atoms with Crippen molar-refractivity contribution in [3.8, 4) is 5.75 Å². The van der Waals surface area contributed by atoms with E-state index < -0.39 is 4.92 Å². The maximum Gasteiger partial charge on any atom is 0.313 e. The van der Waals surface area contributed by atoms with Crippen LogP contribution in [0.15, 0.2) is 30.5 Å². The van der Waals surface area contributed by atoms with Gasteiger partial charge in [0.05, 0.1) is 25.2 Å². The number of carbonyl (C=O) groups excluding carboxylic acids is 1. The molecule has 1 aliphatic rings. The second kappa shape index (κ2) is 7.27. The summed E-state index contributed by atoms with van der Waals surface area (Å²) in [5.41, 5.74) is 0.977. The highest BCUT2D eigenvalue weighted by molar-refractivity contribution is 5.98. The van der Waals surface area contributed by atoms with Crippen LogP contribution >= 0.6 is 0 Å². The van der Waals surface area contributed by atoms with Crippen LogP contribution < -0.4 is 4.74 Å². The maximum absolute atomic E-state index is 12.2. The van der Waals surface area contributed by atoms with Crippen LogP contribution in [0.4, 0.5) is 5.69 Å². The smallest absolute Gasteiger partial charge is 0.313 e. The maximum atomic E-state index is 12.2. The third-order valence-electron chi connectivity index (χ3n) is 4.01. The molecule has 1 fully saturated rings. The van der Waals surface area contributed by atoms with E-state index in [0.29, 0.717) is 37.2 Å². The summed E-state index contributed by atoms with van der Waals surface area (Å²) in [4.78, 5) is 28.8. The first-order valence-corrected chi connectivity index (χ1v) is 7.76. The molecule has 25 heavy (non-hydrogen) atoms. The van der Waals surface area contributed by atoms with E-state index in [0.717, 1.165) is 5.56 Å². The molecule has 1 saturated heterocycles. The first-order chi connectivity index (χ1) is 12.1. The fourth-order valence-corrected chi connectivity index (χ4v) is 2.74. The van der Waals surface area contributed by atoms with Gasteiger partial charge in [0, 0.05) is 36.8 Å². The van der Waals surface area contributed by atoms with Gasteiger partial charge in [0.2, 0.25) is 11.7 Å². The third kappa shape index (κ3) is 3.43. The Morgan fingerprint density at radius 1 is 1.36 bits per heavy atom. The summed E-state index contributed by atoms with van der Waals surface area (Å²) in [6.45, 7) is 2.22. The Morgan fingerprint density at radius 2 is 2.12 bits per heavy atom. The van der Waals surface area contributed by atoms with E-state index in [2.05, 4.69) is 4.98 Å². The minimum atomic E-state index is -0.510. The van der Waals surface area contributed by atoms with Gasteiger partial charge in [-0.25, -0.2) is 0 Å². The van der Waals surface area contributed by atoms with Crippen molar-refractivity contribution in [2.75, 3.05) is 33.4 Å². The summed E-state index contributed by atoms with van der Waals surface area (Å²) in [5.74, 6) is 0.0133. The summed E-state index contributed by atoms with van der Waals surface area (Å²) >= 11 is 0. The van der Waals surface area contributed by atoms with Crippen LogP contribution in [0.2, 0.25) is 0 Å². The number of benzene rings is 1. The summed E-state index contributed by atoms with van der Waals surface area (Å²) in [6, 6.07) is 4.74. The van der Waals surface area contributed by atoms with Crippen molar-refractivity contribution in [1.82, 2.24) is 9.88 Å². The number of amides is 1. The molecule has 3 rings (SSSR count). The quantitative estimate of drug-likeness (QED) is 0.479. The zero-order chi connectivity index (χ0) is 17.8. The first kappa shape index (κ1) is 16.8. The highest BCUT2D eigenvalue weighted by atomic mass is 16.6. The minimum absolute atomic E-state index is 0.0952. The molecule has 0 atom stereocenters. The lowest BCUT2D eigenvalue weighted by Gasteiger charge is -2.25. The summed E-state index contributed by atoms with van der Waals surface area (Å²) < 4.78 is 10.4. The van der Waals surface area contributed by atoms with Crippen molar-refractivity contribution in [1.29, 1.82) is 0 Å². The van der Waals surface area contributed by atoms with E-state index in [1.54, 1.807) is 23.1 Å². The van der Waals surface area contributed by atoms with Crippen LogP contribution in [0.5, 0.6) is 5.75 Å². The lowest BCUT2D eigenvalue weighted by Crippen LogP contribution is -2.39. The molecule has 1 aliphatic heterocycles. The normalized spacial score (nSPS) is 14.8. The Balaban J connectivity index is 1.95. The Labute approximate surface area is 143 Å². The number of rotatable bonds is 4. The average molecular weight is 343 g/mol. The molecule has 0 saturated carbocycles. The van der Waals surface area contributed by atoms with Crippen molar-refractivity contribution < 1.29 is 19.2 Å². The summed E-state index contributed by atoms with van der Waals surface area (Å²) in [6.07, 6.45) is 4.72. The second-order valence-electron chi connectivity index (χ2n) is 5.44. The highest BCUT2D eigenvalue weighted by Crippen LogP contribution is 2.35. The predicted molar refractivity (Wildman–Crippen MR) is 91.4 cm³/mol. The molecule has 1 amide bonds. The van der Waals surface area contributed by atoms with Crippen LogP contribution in [-0.2, 0) is 9.53 Å². The topological polar surface area (TPSA) is 94.8 Å². The number of nitrogens with zero attached hydrogens (tertiary/aromatic N) is 3. The SMILES string of the molecule is COc1c([N+](=O)[O-])ccc2c(/C=C/C(=O)N3CCOCC3)ccnc12. The van der Waals surface area contributed by atoms with Gasteiger partial charge < -0.3 is 14.4 Å². The number of morpholine rings is 1. The fourth-order valence-electron chi connectivity index (χ4n) is 2.74. The lowest BCUT2D eigenvalue weighted by atomic mass is 10.1. The van der Waals surface area contributed by atoms with Crippen LogP contribution in [0.25, 0.3) is 17.0 Å². The van der Waals surface area contributed by atoms with E-state index >= 15 is 0 Å². The minimum Gasteiger partial charge on any atom is -0.489 e. The van der Waals surface area contributed by atoms with Crippen molar-refractivity contribution in [2.45, 2.75) is 0 Å². The van der Waals surface area contributed by atoms with Crippen LogP contribution in [-0.4, -0.2) is 54.1 Å². The van der Waals surface area contributed by atoms with Crippen molar-refractivity contribution in [3.63, 3.8) is 0 Å². The second-order valence-corrected chi connectivity index (χ2v) is 5.44. The van der Waals surface area contributed by atoms with Gasteiger partial charge in [-0.1, -0.05) is 0 Å². The van der Waals surface area contributed by atoms with E-state index in [9.17, 15) is 14.9 Å². The van der Waals surface area contributed by atoms with Crippen molar-refractivity contribution >= 4 is 28.6 Å². The molecule has 0 bridgehead atoms. The number of methoxy groups -OCH3 is 1. The number of pyridine rings is 1. The van der Waals surface area contributed by atoms with Crippen molar-refractivity contribution in [3.05, 3.63) is 46.1 Å². The molecular weight excluding hydrogens is 326 g/mol. The molecule has 8 nitrogen and oxygen atoms in total. The van der Waals surface area contributed by atoms with E-state index in [-0.39, 0.29) is 17.3 Å². The number of fused-ring (bicyclic) bond motifs is 1. The molecular formula is C17H17N3O5.